The summed E-state index contributed by atoms with van der Waals surface area (Å²) < 4.78 is 0. The molecule has 0 aliphatic rings. The Kier molecular flexibility index (Phi) is 11.4. The van der Waals surface area contributed by atoms with Crippen molar-refractivity contribution >= 4 is 5.97 Å². The van der Waals surface area contributed by atoms with E-state index >= 15 is 0 Å². The highest BCUT2D eigenvalue weighted by Gasteiger charge is 2.28. The summed E-state index contributed by atoms with van der Waals surface area (Å²) in [6.07, 6.45) is 4.39. The predicted octanol–water partition coefficient (Wildman–Crippen LogP) is 4.83. The molecule has 0 saturated heterocycles. The molecule has 0 aliphatic heterocycles. The van der Waals surface area contributed by atoms with E-state index in [1.165, 1.54) is 0 Å². The van der Waals surface area contributed by atoms with E-state index in [1.807, 2.05) is 47.6 Å². The normalized spacial score (nSPS) is 12.9. The lowest BCUT2D eigenvalue weighted by molar-refractivity contribution is -0.139. The second-order valence-electron chi connectivity index (χ2n) is 9.54. The van der Waals surface area contributed by atoms with Gasteiger partial charge in [-0.3, -0.25) is 4.79 Å². The Bertz CT molecular complexity index is 576. The van der Waals surface area contributed by atoms with Gasteiger partial charge >= 0.3 is 5.97 Å². The van der Waals surface area contributed by atoms with Crippen LogP contribution in [-0.4, -0.2) is 39.6 Å². The van der Waals surface area contributed by atoms with Gasteiger partial charge in [0.2, 0.25) is 0 Å². The van der Waals surface area contributed by atoms with Gasteiger partial charge in [-0.2, -0.15) is 0 Å². The Hall–Kier alpha value is -1.59. The van der Waals surface area contributed by atoms with Crippen LogP contribution in [-0.2, 0) is 10.2 Å². The fourth-order valence-electron chi connectivity index (χ4n) is 2.91. The van der Waals surface area contributed by atoms with Gasteiger partial charge < -0.3 is 20.4 Å². The molecule has 0 radical (unpaired) electrons. The van der Waals surface area contributed by atoms with Gasteiger partial charge in [0.15, 0.2) is 0 Å². The zero-order valence-electron chi connectivity index (χ0n) is 18.5. The van der Waals surface area contributed by atoms with Crippen molar-refractivity contribution < 1.29 is 25.2 Å². The smallest absolute Gasteiger partial charge is 0.310 e. The van der Waals surface area contributed by atoms with Crippen LogP contribution in [0, 0.1) is 5.41 Å². The SMILES string of the molecule is CC(C)(C)CC(C(=O)O)c1ccc(O)c(C(C)(C)C)c1.OCCCCCCO. The first-order valence-electron chi connectivity index (χ1n) is 10.1. The zero-order valence-corrected chi connectivity index (χ0v) is 18.5. The van der Waals surface area contributed by atoms with Crippen LogP contribution in [0.5, 0.6) is 5.75 Å². The summed E-state index contributed by atoms with van der Waals surface area (Å²) >= 11 is 0. The van der Waals surface area contributed by atoms with Crippen molar-refractivity contribution in [1.29, 1.82) is 0 Å². The molecule has 1 unspecified atom stereocenters. The standard InChI is InChI=1S/C17H26O3.C6H14O2/c1-16(2,3)10-12(15(19)20)11-7-8-14(18)13(9-11)17(4,5)6;7-5-3-1-2-4-6-8/h7-9,12,18H,10H2,1-6H3,(H,19,20);7-8H,1-6H2. The summed E-state index contributed by atoms with van der Waals surface area (Å²) in [5.74, 6) is -1.14. The lowest BCUT2D eigenvalue weighted by Crippen LogP contribution is -2.20. The third-order valence-corrected chi connectivity index (χ3v) is 4.41. The summed E-state index contributed by atoms with van der Waals surface area (Å²) in [6, 6.07) is 5.16. The van der Waals surface area contributed by atoms with E-state index in [0.29, 0.717) is 6.42 Å². The van der Waals surface area contributed by atoms with E-state index < -0.39 is 11.9 Å². The molecule has 0 heterocycles. The van der Waals surface area contributed by atoms with Crippen molar-refractivity contribution in [2.45, 2.75) is 85.0 Å². The second-order valence-corrected chi connectivity index (χ2v) is 9.54. The van der Waals surface area contributed by atoms with E-state index in [0.717, 1.165) is 36.8 Å². The molecule has 1 aromatic carbocycles. The highest BCUT2D eigenvalue weighted by molar-refractivity contribution is 5.76. The molecule has 162 valence electrons. The number of aliphatic hydroxyl groups is 2. The molecule has 0 aliphatic carbocycles. The van der Waals surface area contributed by atoms with Crippen molar-refractivity contribution in [1.82, 2.24) is 0 Å². The number of carbonyl (C=O) groups is 1. The van der Waals surface area contributed by atoms with Gasteiger partial charge in [0.05, 0.1) is 5.92 Å². The molecule has 5 nitrogen and oxygen atoms in total. The second kappa shape index (κ2) is 12.1. The van der Waals surface area contributed by atoms with E-state index in [1.54, 1.807) is 12.1 Å². The molecule has 0 amide bonds. The molecule has 5 heteroatoms. The van der Waals surface area contributed by atoms with E-state index in [-0.39, 0.29) is 29.8 Å². The predicted molar refractivity (Wildman–Crippen MR) is 114 cm³/mol. The maximum atomic E-state index is 11.6. The Morgan fingerprint density at radius 1 is 0.929 bits per heavy atom. The maximum Gasteiger partial charge on any atom is 0.310 e. The van der Waals surface area contributed by atoms with Gasteiger partial charge in [-0.25, -0.2) is 0 Å². The highest BCUT2D eigenvalue weighted by atomic mass is 16.4. The van der Waals surface area contributed by atoms with Crippen molar-refractivity contribution in [2.24, 2.45) is 5.41 Å². The summed E-state index contributed by atoms with van der Waals surface area (Å²) in [7, 11) is 0. The van der Waals surface area contributed by atoms with Gasteiger partial charge in [0.1, 0.15) is 5.75 Å². The lowest BCUT2D eigenvalue weighted by Gasteiger charge is -2.26. The monoisotopic (exact) mass is 396 g/mol. The lowest BCUT2D eigenvalue weighted by atomic mass is 9.79. The number of hydrogen-bond acceptors (Lipinski definition) is 4. The first-order valence-corrected chi connectivity index (χ1v) is 10.1. The van der Waals surface area contributed by atoms with Crippen molar-refractivity contribution in [3.63, 3.8) is 0 Å². The van der Waals surface area contributed by atoms with Gasteiger partial charge in [-0.1, -0.05) is 66.5 Å². The first-order chi connectivity index (χ1) is 12.8. The number of carboxylic acid groups (broad SMARTS) is 1. The first kappa shape index (κ1) is 26.4. The minimum atomic E-state index is -0.814. The Morgan fingerprint density at radius 2 is 1.43 bits per heavy atom. The molecule has 1 atom stereocenters. The van der Waals surface area contributed by atoms with Gasteiger partial charge in [-0.05, 0) is 47.3 Å². The van der Waals surface area contributed by atoms with Crippen LogP contribution >= 0.6 is 0 Å². The molecular weight excluding hydrogens is 356 g/mol. The number of unbranched alkanes of at least 4 members (excludes halogenated alkanes) is 3. The molecule has 4 N–H and O–H groups in total. The number of aliphatic carboxylic acids is 1. The summed E-state index contributed by atoms with van der Waals surface area (Å²) in [5, 5.41) is 36.1. The van der Waals surface area contributed by atoms with Crippen LogP contribution in [0.1, 0.15) is 90.7 Å². The molecule has 0 fully saturated rings. The number of rotatable bonds is 8. The Balaban J connectivity index is 0.000000769. The van der Waals surface area contributed by atoms with Crippen molar-refractivity contribution in [2.75, 3.05) is 13.2 Å². The number of phenolic OH excluding ortho intramolecular Hbond substituents is 1. The number of aliphatic hydroxyl groups excluding tert-OH is 2. The van der Waals surface area contributed by atoms with Crippen molar-refractivity contribution in [3.05, 3.63) is 29.3 Å². The van der Waals surface area contributed by atoms with Gasteiger partial charge in [-0.15, -0.1) is 0 Å². The molecule has 0 saturated carbocycles. The van der Waals surface area contributed by atoms with Gasteiger partial charge in [0.25, 0.3) is 0 Å². The quantitative estimate of drug-likeness (QED) is 0.472. The van der Waals surface area contributed by atoms with Crippen LogP contribution in [0.2, 0.25) is 0 Å². The Labute approximate surface area is 170 Å². The summed E-state index contributed by atoms with van der Waals surface area (Å²) in [6.45, 7) is 12.7. The average molecular weight is 397 g/mol. The van der Waals surface area contributed by atoms with Gasteiger partial charge in [0, 0.05) is 13.2 Å². The van der Waals surface area contributed by atoms with Crippen LogP contribution in [0.4, 0.5) is 0 Å². The van der Waals surface area contributed by atoms with E-state index in [4.69, 9.17) is 10.2 Å². The molecule has 0 bridgehead atoms. The van der Waals surface area contributed by atoms with Crippen LogP contribution in [0.3, 0.4) is 0 Å². The summed E-state index contributed by atoms with van der Waals surface area (Å²) in [4.78, 5) is 11.6. The van der Waals surface area contributed by atoms with E-state index in [2.05, 4.69) is 0 Å². The molecular formula is C23H40O5. The topological polar surface area (TPSA) is 98.0 Å². The Morgan fingerprint density at radius 3 is 1.79 bits per heavy atom. The van der Waals surface area contributed by atoms with Crippen LogP contribution in [0.15, 0.2) is 18.2 Å². The minimum absolute atomic E-state index is 0.0666. The summed E-state index contributed by atoms with van der Waals surface area (Å²) in [5.41, 5.74) is 1.26. The molecule has 0 aromatic heterocycles. The molecule has 28 heavy (non-hydrogen) atoms. The van der Waals surface area contributed by atoms with Crippen molar-refractivity contribution in [3.8, 4) is 5.75 Å². The fraction of sp³-hybridized carbons (Fsp3) is 0.696. The number of hydrogen-bond donors (Lipinski definition) is 4. The average Bonchev–Trinajstić information content (AvgIpc) is 2.56. The third kappa shape index (κ3) is 10.7. The highest BCUT2D eigenvalue weighted by Crippen LogP contribution is 2.36. The largest absolute Gasteiger partial charge is 0.508 e. The number of phenols is 1. The number of benzene rings is 1. The van der Waals surface area contributed by atoms with E-state index in [9.17, 15) is 15.0 Å². The fourth-order valence-corrected chi connectivity index (χ4v) is 2.91. The van der Waals surface area contributed by atoms with Crippen LogP contribution in [0.25, 0.3) is 0 Å². The zero-order chi connectivity index (χ0) is 22.0. The third-order valence-electron chi connectivity index (χ3n) is 4.41. The molecule has 0 spiro atoms. The van der Waals surface area contributed by atoms with Crippen LogP contribution < -0.4 is 0 Å². The maximum absolute atomic E-state index is 11.6. The number of carboxylic acids is 1. The minimum Gasteiger partial charge on any atom is -0.508 e. The number of aromatic hydroxyl groups is 1. The molecule has 1 aromatic rings. The molecule has 1 rings (SSSR count).